The molecule has 2 rings (SSSR count). The van der Waals surface area contributed by atoms with Crippen LogP contribution in [0.2, 0.25) is 0 Å². The highest BCUT2D eigenvalue weighted by molar-refractivity contribution is 5.53. The minimum Gasteiger partial charge on any atom is -0.490 e. The van der Waals surface area contributed by atoms with Gasteiger partial charge in [-0.2, -0.15) is 0 Å². The third-order valence-electron chi connectivity index (χ3n) is 2.80. The molecule has 0 aliphatic carbocycles. The number of nitrogens with zero attached hydrogens (tertiary/aromatic N) is 4. The minimum atomic E-state index is -0.491. The van der Waals surface area contributed by atoms with Crippen molar-refractivity contribution in [3.63, 3.8) is 0 Å². The van der Waals surface area contributed by atoms with Crippen molar-refractivity contribution in [3.05, 3.63) is 40.2 Å². The van der Waals surface area contributed by atoms with E-state index in [1.807, 2.05) is 0 Å². The Hall–Kier alpha value is -2.48. The largest absolute Gasteiger partial charge is 0.490 e. The zero-order valence-corrected chi connectivity index (χ0v) is 11.0. The van der Waals surface area contributed by atoms with Gasteiger partial charge in [-0.3, -0.25) is 10.1 Å². The van der Waals surface area contributed by atoms with Gasteiger partial charge in [0.15, 0.2) is 5.75 Å². The first-order chi connectivity index (χ1) is 9.65. The quantitative estimate of drug-likeness (QED) is 0.625. The normalized spacial score (nSPS) is 10.5. The Morgan fingerprint density at radius 1 is 1.50 bits per heavy atom. The van der Waals surface area contributed by atoms with E-state index in [0.29, 0.717) is 12.2 Å². The number of nitrogens with two attached hydrogens (primary N) is 1. The molecule has 8 heteroatoms. The lowest BCUT2D eigenvalue weighted by atomic mass is 10.2. The summed E-state index contributed by atoms with van der Waals surface area (Å²) in [6.45, 7) is 0.584. The Morgan fingerprint density at radius 3 is 2.95 bits per heavy atom. The third kappa shape index (κ3) is 2.91. The zero-order chi connectivity index (χ0) is 14.5. The lowest BCUT2D eigenvalue weighted by molar-refractivity contribution is -0.385. The molecule has 0 bridgehead atoms. The maximum Gasteiger partial charge on any atom is 0.313 e. The van der Waals surface area contributed by atoms with Crippen LogP contribution in [0.3, 0.4) is 0 Å². The molecule has 0 saturated carbocycles. The van der Waals surface area contributed by atoms with Crippen molar-refractivity contribution in [2.45, 2.75) is 12.8 Å². The molecule has 0 amide bonds. The molecule has 8 nitrogen and oxygen atoms in total. The van der Waals surface area contributed by atoms with E-state index < -0.39 is 4.92 Å². The van der Waals surface area contributed by atoms with Crippen molar-refractivity contribution < 1.29 is 9.66 Å². The van der Waals surface area contributed by atoms with Gasteiger partial charge in [0.25, 0.3) is 0 Å². The summed E-state index contributed by atoms with van der Waals surface area (Å²) >= 11 is 0. The van der Waals surface area contributed by atoms with Crippen molar-refractivity contribution in [2.24, 2.45) is 5.73 Å². The van der Waals surface area contributed by atoms with E-state index in [1.165, 1.54) is 23.9 Å². The van der Waals surface area contributed by atoms with Gasteiger partial charge < -0.3 is 10.5 Å². The average Bonchev–Trinajstić information content (AvgIpc) is 2.93. The molecule has 0 spiro atoms. The van der Waals surface area contributed by atoms with Gasteiger partial charge in [0.1, 0.15) is 0 Å². The molecule has 2 aromatic rings. The van der Waals surface area contributed by atoms with Crippen molar-refractivity contribution >= 4 is 5.69 Å². The smallest absolute Gasteiger partial charge is 0.313 e. The van der Waals surface area contributed by atoms with Crippen LogP contribution in [0, 0.1) is 10.1 Å². The number of aryl methyl sites for hydroxylation is 1. The van der Waals surface area contributed by atoms with Crippen LogP contribution in [0.4, 0.5) is 5.69 Å². The van der Waals surface area contributed by atoms with Crippen LogP contribution >= 0.6 is 0 Å². The summed E-state index contributed by atoms with van der Waals surface area (Å²) in [5.41, 5.74) is 6.69. The molecule has 0 unspecified atom stereocenters. The highest BCUT2D eigenvalue weighted by Gasteiger charge is 2.16. The number of aromatic nitrogens is 3. The Kier molecular flexibility index (Phi) is 4.26. The SMILES string of the molecule is COc1ccc(-n2cc(CCCN)nn2)cc1[N+](=O)[O-]. The monoisotopic (exact) mass is 277 g/mol. The van der Waals surface area contributed by atoms with Crippen LogP contribution in [-0.2, 0) is 6.42 Å². The van der Waals surface area contributed by atoms with Crippen LogP contribution in [0.15, 0.2) is 24.4 Å². The Labute approximate surface area is 115 Å². The second-order valence-corrected chi connectivity index (χ2v) is 4.16. The first-order valence-corrected chi connectivity index (χ1v) is 6.10. The number of ether oxygens (including phenoxy) is 1. The van der Waals surface area contributed by atoms with E-state index in [1.54, 1.807) is 12.3 Å². The van der Waals surface area contributed by atoms with Crippen LogP contribution < -0.4 is 10.5 Å². The van der Waals surface area contributed by atoms with Gasteiger partial charge in [-0.25, -0.2) is 4.68 Å². The lowest BCUT2D eigenvalue weighted by Crippen LogP contribution is -2.00. The van der Waals surface area contributed by atoms with E-state index in [4.69, 9.17) is 10.5 Å². The highest BCUT2D eigenvalue weighted by atomic mass is 16.6. The average molecular weight is 277 g/mol. The van der Waals surface area contributed by atoms with E-state index >= 15 is 0 Å². The van der Waals surface area contributed by atoms with Crippen molar-refractivity contribution in [1.29, 1.82) is 0 Å². The molecule has 0 saturated heterocycles. The van der Waals surface area contributed by atoms with Gasteiger partial charge in [-0.05, 0) is 31.5 Å². The summed E-state index contributed by atoms with van der Waals surface area (Å²) in [5, 5.41) is 18.9. The Morgan fingerprint density at radius 2 is 2.30 bits per heavy atom. The summed E-state index contributed by atoms with van der Waals surface area (Å²) in [5.74, 6) is 0.210. The first-order valence-electron chi connectivity index (χ1n) is 6.10. The second kappa shape index (κ2) is 6.11. The number of nitro benzene ring substituents is 1. The number of hydrogen-bond donors (Lipinski definition) is 1. The van der Waals surface area contributed by atoms with Crippen LogP contribution in [-0.4, -0.2) is 33.6 Å². The molecule has 1 heterocycles. The summed E-state index contributed by atoms with van der Waals surface area (Å²) < 4.78 is 6.45. The lowest BCUT2D eigenvalue weighted by Gasteiger charge is -2.04. The van der Waals surface area contributed by atoms with Crippen molar-refractivity contribution in [2.75, 3.05) is 13.7 Å². The molecule has 1 aromatic heterocycles. The maximum atomic E-state index is 11.0. The van der Waals surface area contributed by atoms with Crippen molar-refractivity contribution in [1.82, 2.24) is 15.0 Å². The van der Waals surface area contributed by atoms with Gasteiger partial charge in [-0.1, -0.05) is 5.21 Å². The fourth-order valence-electron chi connectivity index (χ4n) is 1.79. The van der Waals surface area contributed by atoms with Crippen LogP contribution in [0.1, 0.15) is 12.1 Å². The zero-order valence-electron chi connectivity index (χ0n) is 11.0. The van der Waals surface area contributed by atoms with Gasteiger partial charge in [0, 0.05) is 6.07 Å². The molecule has 0 fully saturated rings. The standard InChI is InChI=1S/C12H15N5O3/c1-20-12-5-4-10(7-11(12)17(18)19)16-8-9(14-15-16)3-2-6-13/h4-5,7-8H,2-3,6,13H2,1H3. The number of hydrogen-bond acceptors (Lipinski definition) is 6. The maximum absolute atomic E-state index is 11.0. The molecule has 0 aliphatic rings. The summed E-state index contributed by atoms with van der Waals surface area (Å²) in [7, 11) is 1.39. The van der Waals surface area contributed by atoms with Crippen LogP contribution in [0.5, 0.6) is 5.75 Å². The van der Waals surface area contributed by atoms with Gasteiger partial charge in [-0.15, -0.1) is 5.10 Å². The third-order valence-corrected chi connectivity index (χ3v) is 2.80. The van der Waals surface area contributed by atoms with E-state index in [9.17, 15) is 10.1 Å². The van der Waals surface area contributed by atoms with Gasteiger partial charge in [0.2, 0.25) is 0 Å². The van der Waals surface area contributed by atoms with Gasteiger partial charge >= 0.3 is 5.69 Å². The Bertz CT molecular complexity index is 611. The van der Waals surface area contributed by atoms with E-state index in [0.717, 1.165) is 18.5 Å². The predicted molar refractivity (Wildman–Crippen MR) is 71.9 cm³/mol. The topological polar surface area (TPSA) is 109 Å². The molecule has 2 N–H and O–H groups in total. The molecule has 0 atom stereocenters. The molecule has 0 radical (unpaired) electrons. The first kappa shape index (κ1) is 13.9. The van der Waals surface area contributed by atoms with Crippen LogP contribution in [0.25, 0.3) is 5.69 Å². The second-order valence-electron chi connectivity index (χ2n) is 4.16. The molecule has 1 aromatic carbocycles. The minimum absolute atomic E-state index is 0.107. The number of methoxy groups -OCH3 is 1. The number of benzene rings is 1. The fourth-order valence-corrected chi connectivity index (χ4v) is 1.79. The van der Waals surface area contributed by atoms with E-state index in [2.05, 4.69) is 10.3 Å². The molecular weight excluding hydrogens is 262 g/mol. The van der Waals surface area contributed by atoms with Crippen molar-refractivity contribution in [3.8, 4) is 11.4 Å². The highest BCUT2D eigenvalue weighted by Crippen LogP contribution is 2.28. The van der Waals surface area contributed by atoms with Gasteiger partial charge in [0.05, 0.1) is 29.6 Å². The summed E-state index contributed by atoms with van der Waals surface area (Å²) in [6.07, 6.45) is 3.29. The van der Waals surface area contributed by atoms with E-state index in [-0.39, 0.29) is 11.4 Å². The summed E-state index contributed by atoms with van der Waals surface area (Å²) in [4.78, 5) is 10.5. The fraction of sp³-hybridized carbons (Fsp3) is 0.333. The molecule has 20 heavy (non-hydrogen) atoms. The molecule has 106 valence electrons. The molecule has 0 aliphatic heterocycles. The Balaban J connectivity index is 2.30. The summed E-state index contributed by atoms with van der Waals surface area (Å²) in [6, 6.07) is 4.63. The molecular formula is C12H15N5O3. The number of rotatable bonds is 6. The predicted octanol–water partition coefficient (Wildman–Crippen LogP) is 1.08. The number of nitro groups is 1.